The van der Waals surface area contributed by atoms with Crippen molar-refractivity contribution in [3.63, 3.8) is 0 Å². The summed E-state index contributed by atoms with van der Waals surface area (Å²) in [5.41, 5.74) is 1.68. The third kappa shape index (κ3) is 2.20. The molecule has 3 aromatic rings. The fourth-order valence-corrected chi connectivity index (χ4v) is 2.94. The average Bonchev–Trinajstić information content (AvgIpc) is 3.14. The second kappa shape index (κ2) is 4.77. The average molecular weight is 280 g/mol. The van der Waals surface area contributed by atoms with E-state index in [1.165, 1.54) is 0 Å². The molecule has 4 rings (SSSR count). The number of fused-ring (bicyclic) bond motifs is 2. The highest BCUT2D eigenvalue weighted by Crippen LogP contribution is 2.16. The highest BCUT2D eigenvalue weighted by Gasteiger charge is 2.20. The van der Waals surface area contributed by atoms with Gasteiger partial charge in [0.05, 0.1) is 0 Å². The van der Waals surface area contributed by atoms with E-state index < -0.39 is 0 Å². The van der Waals surface area contributed by atoms with Gasteiger partial charge in [-0.05, 0) is 30.0 Å². The van der Waals surface area contributed by atoms with Gasteiger partial charge >= 0.3 is 0 Å². The summed E-state index contributed by atoms with van der Waals surface area (Å²) in [5.74, 6) is 1.09. The number of aryl methyl sites for hydroxylation is 1. The Morgan fingerprint density at radius 1 is 1.38 bits per heavy atom. The smallest absolute Gasteiger partial charge is 0.251 e. The number of benzene rings is 1. The van der Waals surface area contributed by atoms with Gasteiger partial charge in [0.15, 0.2) is 0 Å². The molecule has 5 heteroatoms. The van der Waals surface area contributed by atoms with E-state index in [1.807, 2.05) is 42.9 Å². The minimum absolute atomic E-state index is 0.0138. The second-order valence-corrected chi connectivity index (χ2v) is 5.48. The minimum atomic E-state index is -0.0138. The lowest BCUT2D eigenvalue weighted by atomic mass is 10.1. The topological polar surface area (TPSA) is 62.7 Å². The molecule has 2 N–H and O–H groups in total. The molecule has 21 heavy (non-hydrogen) atoms. The Morgan fingerprint density at radius 2 is 2.33 bits per heavy atom. The van der Waals surface area contributed by atoms with Crippen LogP contribution in [0.2, 0.25) is 0 Å². The first-order valence-electron chi connectivity index (χ1n) is 7.17. The van der Waals surface area contributed by atoms with Crippen LogP contribution in [0.25, 0.3) is 10.9 Å². The van der Waals surface area contributed by atoms with Crippen LogP contribution < -0.4 is 5.32 Å². The van der Waals surface area contributed by atoms with Crippen LogP contribution in [0.4, 0.5) is 0 Å². The molecular weight excluding hydrogens is 264 g/mol. The number of carbonyl (C=O) groups is 1. The van der Waals surface area contributed by atoms with Crippen LogP contribution in [0, 0.1) is 0 Å². The number of H-pyrrole nitrogens is 1. The fourth-order valence-electron chi connectivity index (χ4n) is 2.94. The van der Waals surface area contributed by atoms with Gasteiger partial charge in [-0.3, -0.25) is 4.79 Å². The van der Waals surface area contributed by atoms with Gasteiger partial charge in [-0.25, -0.2) is 4.98 Å². The summed E-state index contributed by atoms with van der Waals surface area (Å²) in [5, 5.41) is 4.24. The van der Waals surface area contributed by atoms with Gasteiger partial charge in [-0.2, -0.15) is 0 Å². The zero-order chi connectivity index (χ0) is 14.2. The summed E-state index contributed by atoms with van der Waals surface area (Å²) < 4.78 is 2.11. The quantitative estimate of drug-likeness (QED) is 0.755. The van der Waals surface area contributed by atoms with Crippen molar-refractivity contribution in [2.45, 2.75) is 25.4 Å². The van der Waals surface area contributed by atoms with Crippen molar-refractivity contribution < 1.29 is 4.79 Å². The molecule has 5 nitrogen and oxygen atoms in total. The van der Waals surface area contributed by atoms with Crippen molar-refractivity contribution in [1.29, 1.82) is 0 Å². The molecule has 0 unspecified atom stereocenters. The van der Waals surface area contributed by atoms with E-state index in [1.54, 1.807) is 0 Å². The van der Waals surface area contributed by atoms with Crippen molar-refractivity contribution in [2.24, 2.45) is 0 Å². The van der Waals surface area contributed by atoms with Crippen molar-refractivity contribution >= 4 is 16.8 Å². The summed E-state index contributed by atoms with van der Waals surface area (Å²) in [6, 6.07) is 7.90. The van der Waals surface area contributed by atoms with Gasteiger partial charge in [-0.15, -0.1) is 0 Å². The normalized spacial score (nSPS) is 17.6. The van der Waals surface area contributed by atoms with Gasteiger partial charge in [0.25, 0.3) is 5.91 Å². The van der Waals surface area contributed by atoms with Gasteiger partial charge in [0, 0.05) is 48.7 Å². The molecule has 0 saturated carbocycles. The second-order valence-electron chi connectivity index (χ2n) is 5.48. The number of carbonyl (C=O) groups excluding carboxylic acids is 1. The van der Waals surface area contributed by atoms with Crippen LogP contribution in [0.5, 0.6) is 0 Å². The molecule has 3 heterocycles. The van der Waals surface area contributed by atoms with Crippen LogP contribution in [0.3, 0.4) is 0 Å². The molecule has 0 saturated heterocycles. The van der Waals surface area contributed by atoms with E-state index in [2.05, 4.69) is 19.9 Å². The SMILES string of the molecule is O=C(N[C@H]1CCc2nccn2C1)c1ccc2cc[nH]c2c1. The predicted octanol–water partition coefficient (Wildman–Crippen LogP) is 2.11. The Labute approximate surface area is 122 Å². The molecule has 1 amide bonds. The third-order valence-corrected chi connectivity index (χ3v) is 4.09. The van der Waals surface area contributed by atoms with E-state index >= 15 is 0 Å². The molecule has 0 bridgehead atoms. The summed E-state index contributed by atoms with van der Waals surface area (Å²) in [6.45, 7) is 0.797. The molecule has 106 valence electrons. The summed E-state index contributed by atoms with van der Waals surface area (Å²) in [4.78, 5) is 19.8. The van der Waals surface area contributed by atoms with E-state index in [9.17, 15) is 4.79 Å². The summed E-state index contributed by atoms with van der Waals surface area (Å²) >= 11 is 0. The zero-order valence-corrected chi connectivity index (χ0v) is 11.5. The molecule has 1 aliphatic heterocycles. The third-order valence-electron chi connectivity index (χ3n) is 4.09. The Kier molecular flexibility index (Phi) is 2.77. The Morgan fingerprint density at radius 3 is 3.29 bits per heavy atom. The maximum Gasteiger partial charge on any atom is 0.251 e. The molecule has 0 radical (unpaired) electrons. The monoisotopic (exact) mass is 280 g/mol. The molecule has 2 aromatic heterocycles. The van der Waals surface area contributed by atoms with Crippen molar-refractivity contribution in [3.05, 3.63) is 54.2 Å². The molecule has 1 aromatic carbocycles. The zero-order valence-electron chi connectivity index (χ0n) is 11.5. The Balaban J connectivity index is 1.50. The Bertz CT molecular complexity index is 801. The molecule has 1 aliphatic rings. The minimum Gasteiger partial charge on any atom is -0.361 e. The number of imidazole rings is 1. The highest BCUT2D eigenvalue weighted by atomic mass is 16.1. The molecule has 1 atom stereocenters. The highest BCUT2D eigenvalue weighted by molar-refractivity contribution is 5.98. The predicted molar refractivity (Wildman–Crippen MR) is 80.1 cm³/mol. The van der Waals surface area contributed by atoms with E-state index in [-0.39, 0.29) is 11.9 Å². The number of rotatable bonds is 2. The largest absolute Gasteiger partial charge is 0.361 e. The lowest BCUT2D eigenvalue weighted by Gasteiger charge is -2.24. The van der Waals surface area contributed by atoms with Crippen molar-refractivity contribution in [2.75, 3.05) is 0 Å². The van der Waals surface area contributed by atoms with E-state index in [0.717, 1.165) is 36.1 Å². The summed E-state index contributed by atoms with van der Waals surface area (Å²) in [7, 11) is 0. The first-order valence-corrected chi connectivity index (χ1v) is 7.17. The number of aromatic nitrogens is 3. The van der Waals surface area contributed by atoms with Crippen LogP contribution in [0.1, 0.15) is 22.6 Å². The number of nitrogens with zero attached hydrogens (tertiary/aromatic N) is 2. The van der Waals surface area contributed by atoms with Gasteiger partial charge in [0.2, 0.25) is 0 Å². The number of aromatic amines is 1. The number of nitrogens with one attached hydrogen (secondary N) is 2. The van der Waals surface area contributed by atoms with Crippen molar-refractivity contribution in [3.8, 4) is 0 Å². The first kappa shape index (κ1) is 12.2. The molecular formula is C16H16N4O. The van der Waals surface area contributed by atoms with Gasteiger partial charge in [-0.1, -0.05) is 6.07 Å². The van der Waals surface area contributed by atoms with Gasteiger partial charge < -0.3 is 14.9 Å². The standard InChI is InChI=1S/C16H16N4O/c21-16(12-2-1-11-5-6-17-14(11)9-12)19-13-3-4-15-18-7-8-20(15)10-13/h1-2,5-9,13,17H,3-4,10H2,(H,19,21)/t13-/m0/s1. The van der Waals surface area contributed by atoms with E-state index in [0.29, 0.717) is 5.56 Å². The van der Waals surface area contributed by atoms with Crippen LogP contribution >= 0.6 is 0 Å². The lowest BCUT2D eigenvalue weighted by molar-refractivity contribution is 0.0927. The molecule has 0 fully saturated rings. The van der Waals surface area contributed by atoms with Crippen molar-refractivity contribution in [1.82, 2.24) is 19.9 Å². The number of amides is 1. The molecule has 0 spiro atoms. The van der Waals surface area contributed by atoms with Gasteiger partial charge in [0.1, 0.15) is 5.82 Å². The number of hydrogen-bond donors (Lipinski definition) is 2. The van der Waals surface area contributed by atoms with Crippen LogP contribution in [-0.2, 0) is 13.0 Å². The maximum atomic E-state index is 12.4. The van der Waals surface area contributed by atoms with E-state index in [4.69, 9.17) is 0 Å². The lowest BCUT2D eigenvalue weighted by Crippen LogP contribution is -2.40. The van der Waals surface area contributed by atoms with Crippen LogP contribution in [0.15, 0.2) is 42.9 Å². The molecule has 0 aliphatic carbocycles. The maximum absolute atomic E-state index is 12.4. The first-order chi connectivity index (χ1) is 10.3. The fraction of sp³-hybridized carbons (Fsp3) is 0.250. The number of hydrogen-bond acceptors (Lipinski definition) is 2. The Hall–Kier alpha value is -2.56. The van der Waals surface area contributed by atoms with Crippen LogP contribution in [-0.4, -0.2) is 26.5 Å². The summed E-state index contributed by atoms with van der Waals surface area (Å²) in [6.07, 6.45) is 7.52.